The number of hydrogen-bond donors (Lipinski definition) is 2. The van der Waals surface area contributed by atoms with E-state index in [1.807, 2.05) is 36.4 Å². The zero-order chi connectivity index (χ0) is 21.5. The van der Waals surface area contributed by atoms with Crippen LogP contribution in [0.25, 0.3) is 0 Å². The number of hydrogen-bond acceptors (Lipinski definition) is 2. The van der Waals surface area contributed by atoms with Gasteiger partial charge in [0.2, 0.25) is 0 Å². The fourth-order valence-corrected chi connectivity index (χ4v) is 4.17. The van der Waals surface area contributed by atoms with Crippen molar-refractivity contribution < 1.29 is 23.7 Å². The number of nitrogens with one attached hydrogen (secondary N) is 2. The van der Waals surface area contributed by atoms with Gasteiger partial charge in [0.05, 0.1) is 7.11 Å². The largest absolute Gasteiger partial charge is 0.493 e. The molecule has 0 aromatic heterocycles. The molecule has 5 heteroatoms. The minimum absolute atomic E-state index is 0.167. The molecular weight excluding hydrogens is 391 g/mol. The van der Waals surface area contributed by atoms with Crippen molar-refractivity contribution >= 4 is 0 Å². The third-order valence-electron chi connectivity index (χ3n) is 5.95. The molecule has 0 atom stereocenters. The second-order valence-electron chi connectivity index (χ2n) is 8.24. The fourth-order valence-electron chi connectivity index (χ4n) is 4.17. The predicted molar refractivity (Wildman–Crippen MR) is 119 cm³/mol. The lowest BCUT2D eigenvalue weighted by Gasteiger charge is -2.30. The SMILES string of the molecule is COc1ccc(C[NH+]2CC[NH+](Cc3ccc(F)cc3)CC2)cc1OCc1ccccc1. The average Bonchev–Trinajstić information content (AvgIpc) is 2.81. The fraction of sp³-hybridized carbons (Fsp3) is 0.308. The molecule has 0 bridgehead atoms. The smallest absolute Gasteiger partial charge is 0.162 e. The van der Waals surface area contributed by atoms with Crippen LogP contribution in [-0.4, -0.2) is 33.3 Å². The van der Waals surface area contributed by atoms with Gasteiger partial charge in [-0.25, -0.2) is 4.39 Å². The van der Waals surface area contributed by atoms with Crippen molar-refractivity contribution in [3.05, 3.63) is 95.3 Å². The Bertz CT molecular complexity index is 955. The first-order valence-corrected chi connectivity index (χ1v) is 10.9. The molecule has 0 unspecified atom stereocenters. The summed E-state index contributed by atoms with van der Waals surface area (Å²) in [6.45, 7) is 6.98. The molecular formula is C26H31FN2O2+2. The molecule has 1 saturated heterocycles. The molecule has 2 N–H and O–H groups in total. The topological polar surface area (TPSA) is 27.3 Å². The zero-order valence-corrected chi connectivity index (χ0v) is 18.1. The average molecular weight is 423 g/mol. The van der Waals surface area contributed by atoms with Crippen LogP contribution in [-0.2, 0) is 19.7 Å². The van der Waals surface area contributed by atoms with Crippen LogP contribution in [0.2, 0.25) is 0 Å². The van der Waals surface area contributed by atoms with E-state index in [0.717, 1.165) is 56.3 Å². The van der Waals surface area contributed by atoms with Crippen LogP contribution >= 0.6 is 0 Å². The van der Waals surface area contributed by atoms with Gasteiger partial charge in [-0.2, -0.15) is 0 Å². The van der Waals surface area contributed by atoms with E-state index in [1.54, 1.807) is 29.0 Å². The summed E-state index contributed by atoms with van der Waals surface area (Å²) in [5.41, 5.74) is 3.61. The van der Waals surface area contributed by atoms with Gasteiger partial charge >= 0.3 is 0 Å². The second-order valence-corrected chi connectivity index (χ2v) is 8.24. The van der Waals surface area contributed by atoms with Crippen LogP contribution in [0.4, 0.5) is 4.39 Å². The molecule has 0 saturated carbocycles. The van der Waals surface area contributed by atoms with Gasteiger partial charge in [-0.3, -0.25) is 0 Å². The monoisotopic (exact) mass is 422 g/mol. The number of benzene rings is 3. The Labute approximate surface area is 183 Å². The van der Waals surface area contributed by atoms with Crippen LogP contribution in [0.1, 0.15) is 16.7 Å². The highest BCUT2D eigenvalue weighted by atomic mass is 19.1. The van der Waals surface area contributed by atoms with Crippen molar-refractivity contribution in [3.63, 3.8) is 0 Å². The zero-order valence-electron chi connectivity index (χ0n) is 18.1. The molecule has 0 aliphatic carbocycles. The number of rotatable bonds is 8. The van der Waals surface area contributed by atoms with E-state index in [1.165, 1.54) is 11.1 Å². The molecule has 3 aromatic carbocycles. The predicted octanol–water partition coefficient (Wildman–Crippen LogP) is 1.90. The Morgan fingerprint density at radius 1 is 0.710 bits per heavy atom. The quantitative estimate of drug-likeness (QED) is 0.580. The Morgan fingerprint density at radius 2 is 1.32 bits per heavy atom. The van der Waals surface area contributed by atoms with Gasteiger partial charge in [-0.15, -0.1) is 0 Å². The molecule has 1 aliphatic rings. The lowest BCUT2D eigenvalue weighted by molar-refractivity contribution is -1.02. The molecule has 0 radical (unpaired) electrons. The third kappa shape index (κ3) is 6.06. The lowest BCUT2D eigenvalue weighted by atomic mass is 10.1. The first-order valence-electron chi connectivity index (χ1n) is 10.9. The summed E-state index contributed by atoms with van der Waals surface area (Å²) in [5, 5.41) is 0. The molecule has 1 fully saturated rings. The van der Waals surface area contributed by atoms with E-state index in [9.17, 15) is 4.39 Å². The lowest BCUT2D eigenvalue weighted by Crippen LogP contribution is -3.27. The summed E-state index contributed by atoms with van der Waals surface area (Å²) in [5.74, 6) is 1.40. The maximum absolute atomic E-state index is 13.1. The number of ether oxygens (including phenoxy) is 2. The van der Waals surface area contributed by atoms with E-state index in [4.69, 9.17) is 9.47 Å². The third-order valence-corrected chi connectivity index (χ3v) is 5.95. The molecule has 162 valence electrons. The molecule has 1 aliphatic heterocycles. The maximum Gasteiger partial charge on any atom is 0.162 e. The number of piperazine rings is 1. The Morgan fingerprint density at radius 3 is 1.97 bits per heavy atom. The molecule has 3 aromatic rings. The number of halogens is 1. The van der Waals surface area contributed by atoms with E-state index in [2.05, 4.69) is 24.3 Å². The maximum atomic E-state index is 13.1. The summed E-state index contributed by atoms with van der Waals surface area (Å²) in [7, 11) is 1.68. The number of methoxy groups -OCH3 is 1. The summed E-state index contributed by atoms with van der Waals surface area (Å²) in [6.07, 6.45) is 0. The van der Waals surface area contributed by atoms with E-state index >= 15 is 0 Å². The van der Waals surface area contributed by atoms with Crippen molar-refractivity contribution in [2.24, 2.45) is 0 Å². The first kappa shape index (κ1) is 21.3. The molecule has 31 heavy (non-hydrogen) atoms. The molecule has 0 spiro atoms. The van der Waals surface area contributed by atoms with Crippen LogP contribution < -0.4 is 19.3 Å². The highest BCUT2D eigenvalue weighted by molar-refractivity contribution is 5.43. The van der Waals surface area contributed by atoms with Crippen molar-refractivity contribution in [1.29, 1.82) is 0 Å². The van der Waals surface area contributed by atoms with Crippen molar-refractivity contribution in [3.8, 4) is 11.5 Å². The van der Waals surface area contributed by atoms with Crippen molar-refractivity contribution in [1.82, 2.24) is 0 Å². The van der Waals surface area contributed by atoms with E-state index in [0.29, 0.717) is 6.61 Å². The van der Waals surface area contributed by atoms with E-state index in [-0.39, 0.29) is 5.82 Å². The second kappa shape index (κ2) is 10.4. The summed E-state index contributed by atoms with van der Waals surface area (Å²) < 4.78 is 24.7. The first-order chi connectivity index (χ1) is 15.2. The Balaban J connectivity index is 1.31. The van der Waals surface area contributed by atoms with Crippen LogP contribution in [0.15, 0.2) is 72.8 Å². The van der Waals surface area contributed by atoms with Gasteiger partial charge in [0.15, 0.2) is 11.5 Å². The highest BCUT2D eigenvalue weighted by Crippen LogP contribution is 2.28. The molecule has 0 amide bonds. The highest BCUT2D eigenvalue weighted by Gasteiger charge is 2.23. The van der Waals surface area contributed by atoms with E-state index < -0.39 is 0 Å². The van der Waals surface area contributed by atoms with Crippen LogP contribution in [0, 0.1) is 5.82 Å². The standard InChI is InChI=1S/C26H29FN2O2/c1-30-25-12-9-23(17-26(25)31-20-22-5-3-2-4-6-22)19-29-15-13-28(14-16-29)18-21-7-10-24(27)11-8-21/h2-12,17H,13-16,18-20H2,1H3/p+2. The van der Waals surface area contributed by atoms with Gasteiger partial charge in [-0.1, -0.05) is 42.5 Å². The normalized spacial score (nSPS) is 18.5. The van der Waals surface area contributed by atoms with Gasteiger partial charge in [0.25, 0.3) is 0 Å². The summed E-state index contributed by atoms with van der Waals surface area (Å²) in [6, 6.07) is 23.3. The van der Waals surface area contributed by atoms with Gasteiger partial charge in [-0.05, 0) is 35.9 Å². The van der Waals surface area contributed by atoms with Gasteiger partial charge in [0.1, 0.15) is 51.7 Å². The Kier molecular flexibility index (Phi) is 7.18. The molecule has 4 rings (SSSR count). The summed E-state index contributed by atoms with van der Waals surface area (Å²) in [4.78, 5) is 3.15. The van der Waals surface area contributed by atoms with Crippen LogP contribution in [0.5, 0.6) is 11.5 Å². The number of quaternary nitrogens is 2. The molecule has 1 heterocycles. The van der Waals surface area contributed by atoms with Crippen LogP contribution in [0.3, 0.4) is 0 Å². The minimum atomic E-state index is -0.167. The summed E-state index contributed by atoms with van der Waals surface area (Å²) >= 11 is 0. The minimum Gasteiger partial charge on any atom is -0.493 e. The molecule has 4 nitrogen and oxygen atoms in total. The van der Waals surface area contributed by atoms with Gasteiger partial charge < -0.3 is 19.3 Å². The van der Waals surface area contributed by atoms with Crippen molar-refractivity contribution in [2.75, 3.05) is 33.3 Å². The van der Waals surface area contributed by atoms with Crippen molar-refractivity contribution in [2.45, 2.75) is 19.7 Å². The Hall–Kier alpha value is -2.89. The van der Waals surface area contributed by atoms with Gasteiger partial charge in [0, 0.05) is 11.1 Å².